The Morgan fingerprint density at radius 2 is 2.50 bits per heavy atom. The summed E-state index contributed by atoms with van der Waals surface area (Å²) in [5.41, 5.74) is 0. The second-order valence-corrected chi connectivity index (χ2v) is 3.54. The van der Waals surface area contributed by atoms with Gasteiger partial charge in [-0.2, -0.15) is 0 Å². The molecule has 1 rings (SSSR count). The number of nitrogens with one attached hydrogen (secondary N) is 1. The molecule has 0 aromatic carbocycles. The van der Waals surface area contributed by atoms with Crippen LogP contribution in [0.15, 0.2) is 6.20 Å². The molecule has 0 saturated carbocycles. The molecule has 12 heavy (non-hydrogen) atoms. The standard InChI is InChI=1S/C8H12N2OS/c1-3-4-9-8-10-5-7(12-8)6(2)11/h5H,3-4H2,1-2H3,(H,9,10). The minimum atomic E-state index is 0.0806. The minimum absolute atomic E-state index is 0.0806. The summed E-state index contributed by atoms with van der Waals surface area (Å²) in [6, 6.07) is 0. The van der Waals surface area contributed by atoms with Crippen molar-refractivity contribution in [1.82, 2.24) is 4.98 Å². The van der Waals surface area contributed by atoms with Crippen molar-refractivity contribution in [3.05, 3.63) is 11.1 Å². The Labute approximate surface area is 75.8 Å². The van der Waals surface area contributed by atoms with Gasteiger partial charge in [-0.05, 0) is 6.42 Å². The fourth-order valence-electron chi connectivity index (χ4n) is 0.751. The van der Waals surface area contributed by atoms with Crippen LogP contribution in [-0.4, -0.2) is 17.3 Å². The van der Waals surface area contributed by atoms with Crippen molar-refractivity contribution in [3.8, 4) is 0 Å². The first-order valence-electron chi connectivity index (χ1n) is 3.94. The van der Waals surface area contributed by atoms with Gasteiger partial charge in [0.15, 0.2) is 10.9 Å². The molecule has 1 heterocycles. The minimum Gasteiger partial charge on any atom is -0.362 e. The van der Waals surface area contributed by atoms with Crippen molar-refractivity contribution in [3.63, 3.8) is 0 Å². The van der Waals surface area contributed by atoms with Crippen LogP contribution >= 0.6 is 11.3 Å². The average molecular weight is 184 g/mol. The summed E-state index contributed by atoms with van der Waals surface area (Å²) in [6.07, 6.45) is 2.68. The number of anilines is 1. The monoisotopic (exact) mass is 184 g/mol. The van der Waals surface area contributed by atoms with Crippen LogP contribution in [0.2, 0.25) is 0 Å². The van der Waals surface area contributed by atoms with Crippen molar-refractivity contribution < 1.29 is 4.79 Å². The molecule has 1 N–H and O–H groups in total. The van der Waals surface area contributed by atoms with Crippen LogP contribution in [-0.2, 0) is 0 Å². The average Bonchev–Trinajstić information content (AvgIpc) is 2.48. The number of hydrogen-bond acceptors (Lipinski definition) is 4. The van der Waals surface area contributed by atoms with E-state index in [1.165, 1.54) is 11.3 Å². The van der Waals surface area contributed by atoms with Crippen molar-refractivity contribution in [2.45, 2.75) is 20.3 Å². The van der Waals surface area contributed by atoms with E-state index in [0.29, 0.717) is 4.88 Å². The number of Topliss-reactive ketones (excluding diaryl/α,β-unsaturated/α-hetero) is 1. The van der Waals surface area contributed by atoms with Gasteiger partial charge in [0, 0.05) is 13.5 Å². The summed E-state index contributed by atoms with van der Waals surface area (Å²) >= 11 is 1.41. The number of carbonyl (C=O) groups is 1. The molecule has 0 bridgehead atoms. The molecule has 66 valence electrons. The Kier molecular flexibility index (Phi) is 3.22. The zero-order chi connectivity index (χ0) is 8.97. The summed E-state index contributed by atoms with van der Waals surface area (Å²) in [6.45, 7) is 4.55. The van der Waals surface area contributed by atoms with Gasteiger partial charge in [0.25, 0.3) is 0 Å². The van der Waals surface area contributed by atoms with Crippen molar-refractivity contribution >= 4 is 22.3 Å². The fraction of sp³-hybridized carbons (Fsp3) is 0.500. The maximum atomic E-state index is 10.9. The predicted molar refractivity (Wildman–Crippen MR) is 50.9 cm³/mol. The lowest BCUT2D eigenvalue weighted by atomic mass is 10.4. The van der Waals surface area contributed by atoms with Gasteiger partial charge in [0.05, 0.1) is 11.1 Å². The van der Waals surface area contributed by atoms with E-state index in [0.717, 1.165) is 18.1 Å². The third kappa shape index (κ3) is 2.30. The molecule has 0 radical (unpaired) electrons. The summed E-state index contributed by atoms with van der Waals surface area (Å²) in [5, 5.41) is 3.96. The lowest BCUT2D eigenvalue weighted by Crippen LogP contribution is -1.97. The third-order valence-electron chi connectivity index (χ3n) is 1.38. The Balaban J connectivity index is 2.58. The predicted octanol–water partition coefficient (Wildman–Crippen LogP) is 2.17. The number of thiazole rings is 1. The second-order valence-electron chi connectivity index (χ2n) is 2.51. The number of hydrogen-bond donors (Lipinski definition) is 1. The molecule has 0 atom stereocenters. The van der Waals surface area contributed by atoms with Gasteiger partial charge in [-0.3, -0.25) is 4.79 Å². The van der Waals surface area contributed by atoms with E-state index in [4.69, 9.17) is 0 Å². The van der Waals surface area contributed by atoms with E-state index >= 15 is 0 Å². The first-order chi connectivity index (χ1) is 5.74. The molecular formula is C8H12N2OS. The van der Waals surface area contributed by atoms with Gasteiger partial charge in [0.1, 0.15) is 0 Å². The van der Waals surface area contributed by atoms with Gasteiger partial charge in [-0.15, -0.1) is 0 Å². The molecule has 0 unspecified atom stereocenters. The highest BCUT2D eigenvalue weighted by atomic mass is 32.1. The summed E-state index contributed by atoms with van der Waals surface area (Å²) in [4.78, 5) is 15.7. The van der Waals surface area contributed by atoms with Crippen molar-refractivity contribution in [2.75, 3.05) is 11.9 Å². The topological polar surface area (TPSA) is 42.0 Å². The largest absolute Gasteiger partial charge is 0.362 e. The van der Waals surface area contributed by atoms with Crippen LogP contribution in [0.1, 0.15) is 29.9 Å². The van der Waals surface area contributed by atoms with E-state index in [1.54, 1.807) is 13.1 Å². The van der Waals surface area contributed by atoms with E-state index in [-0.39, 0.29) is 5.78 Å². The molecule has 0 spiro atoms. The summed E-state index contributed by atoms with van der Waals surface area (Å²) in [7, 11) is 0. The molecule has 4 heteroatoms. The Bertz CT molecular complexity index is 270. The molecule has 0 aliphatic carbocycles. The molecule has 0 aliphatic heterocycles. The summed E-state index contributed by atoms with van der Waals surface area (Å²) < 4.78 is 0. The lowest BCUT2D eigenvalue weighted by molar-refractivity contribution is 0.102. The first-order valence-corrected chi connectivity index (χ1v) is 4.76. The highest BCUT2D eigenvalue weighted by molar-refractivity contribution is 7.17. The van der Waals surface area contributed by atoms with Gasteiger partial charge in [-0.25, -0.2) is 4.98 Å². The molecular weight excluding hydrogens is 172 g/mol. The van der Waals surface area contributed by atoms with Gasteiger partial charge >= 0.3 is 0 Å². The second kappa shape index (κ2) is 4.21. The van der Waals surface area contributed by atoms with Crippen LogP contribution in [0.5, 0.6) is 0 Å². The van der Waals surface area contributed by atoms with Crippen molar-refractivity contribution in [2.24, 2.45) is 0 Å². The maximum Gasteiger partial charge on any atom is 0.183 e. The van der Waals surface area contributed by atoms with E-state index in [1.807, 2.05) is 0 Å². The third-order valence-corrected chi connectivity index (χ3v) is 2.43. The normalized spacial score (nSPS) is 9.83. The smallest absolute Gasteiger partial charge is 0.183 e. The Hall–Kier alpha value is -0.900. The summed E-state index contributed by atoms with van der Waals surface area (Å²) in [5.74, 6) is 0.0806. The SMILES string of the molecule is CCCNc1ncc(C(C)=O)s1. The molecule has 0 aliphatic rings. The molecule has 0 amide bonds. The number of nitrogens with zero attached hydrogens (tertiary/aromatic N) is 1. The van der Waals surface area contributed by atoms with Gasteiger partial charge < -0.3 is 5.32 Å². The molecule has 0 saturated heterocycles. The van der Waals surface area contributed by atoms with Gasteiger partial charge in [0.2, 0.25) is 0 Å². The fourth-order valence-corrected chi connectivity index (χ4v) is 1.49. The number of rotatable bonds is 4. The van der Waals surface area contributed by atoms with Gasteiger partial charge in [-0.1, -0.05) is 18.3 Å². The van der Waals surface area contributed by atoms with E-state index < -0.39 is 0 Å². The Morgan fingerprint density at radius 1 is 1.75 bits per heavy atom. The molecule has 0 fully saturated rings. The van der Waals surface area contributed by atoms with Crippen LogP contribution in [0.4, 0.5) is 5.13 Å². The Morgan fingerprint density at radius 3 is 3.00 bits per heavy atom. The highest BCUT2D eigenvalue weighted by Gasteiger charge is 2.04. The molecule has 1 aromatic heterocycles. The van der Waals surface area contributed by atoms with E-state index in [2.05, 4.69) is 17.2 Å². The van der Waals surface area contributed by atoms with E-state index in [9.17, 15) is 4.79 Å². The quantitative estimate of drug-likeness (QED) is 0.729. The van der Waals surface area contributed by atoms with Crippen LogP contribution < -0.4 is 5.32 Å². The molecule has 1 aromatic rings. The zero-order valence-electron chi connectivity index (χ0n) is 7.26. The van der Waals surface area contributed by atoms with Crippen LogP contribution in [0, 0.1) is 0 Å². The zero-order valence-corrected chi connectivity index (χ0v) is 8.07. The number of ketones is 1. The van der Waals surface area contributed by atoms with Crippen LogP contribution in [0.3, 0.4) is 0 Å². The van der Waals surface area contributed by atoms with Crippen molar-refractivity contribution in [1.29, 1.82) is 0 Å². The molecule has 3 nitrogen and oxygen atoms in total. The highest BCUT2D eigenvalue weighted by Crippen LogP contribution is 2.17. The number of aromatic nitrogens is 1. The first kappa shape index (κ1) is 9.19. The lowest BCUT2D eigenvalue weighted by Gasteiger charge is -1.96. The maximum absolute atomic E-state index is 10.9. The number of carbonyl (C=O) groups excluding carboxylic acids is 1. The van der Waals surface area contributed by atoms with Crippen LogP contribution in [0.25, 0.3) is 0 Å².